The maximum Gasteiger partial charge on any atom is 0.159 e. The van der Waals surface area contributed by atoms with Crippen molar-refractivity contribution in [1.29, 1.82) is 0 Å². The topological polar surface area (TPSA) is 49.6 Å². The molecule has 27 heavy (non-hydrogen) atoms. The average molecular weight is 365 g/mol. The zero-order chi connectivity index (χ0) is 19.0. The van der Waals surface area contributed by atoms with Crippen molar-refractivity contribution >= 4 is 11.3 Å². The number of hydrogen-bond donors (Lipinski definition) is 2. The molecule has 136 valence electrons. The van der Waals surface area contributed by atoms with Gasteiger partial charge in [-0.2, -0.15) is 0 Å². The molecule has 2 aromatic carbocycles. The number of imidazole rings is 1. The molecule has 2 N–H and O–H groups in total. The van der Waals surface area contributed by atoms with Gasteiger partial charge in [-0.1, -0.05) is 24.3 Å². The first-order chi connectivity index (χ1) is 13.0. The third-order valence-corrected chi connectivity index (χ3v) is 4.34. The standard InChI is InChI=1S/C21H17F2N3O/c1-13-2-9-20-25-19(12-26(20)11-13)14-3-6-16(7-4-14)24-21(27)15-5-8-17(22)18(23)10-15/h2-12,21,24,27H,1H3. The lowest BCUT2D eigenvalue weighted by Gasteiger charge is -2.15. The van der Waals surface area contributed by atoms with Gasteiger partial charge in [0.05, 0.1) is 5.69 Å². The zero-order valence-corrected chi connectivity index (χ0v) is 14.5. The van der Waals surface area contributed by atoms with E-state index in [0.29, 0.717) is 5.69 Å². The lowest BCUT2D eigenvalue weighted by atomic mass is 10.1. The molecule has 0 fully saturated rings. The Bertz CT molecular complexity index is 1110. The molecule has 0 spiro atoms. The predicted octanol–water partition coefficient (Wildman–Crippen LogP) is 4.69. The molecule has 4 nitrogen and oxygen atoms in total. The van der Waals surface area contributed by atoms with Crippen LogP contribution in [0, 0.1) is 18.6 Å². The minimum absolute atomic E-state index is 0.244. The molecular weight excluding hydrogens is 348 g/mol. The molecular formula is C21H17F2N3O. The summed E-state index contributed by atoms with van der Waals surface area (Å²) in [5, 5.41) is 13.0. The van der Waals surface area contributed by atoms with E-state index in [1.54, 1.807) is 12.1 Å². The SMILES string of the molecule is Cc1ccc2nc(-c3ccc(NC(O)c4ccc(F)c(F)c4)cc3)cn2c1. The van der Waals surface area contributed by atoms with Crippen LogP contribution in [0.1, 0.15) is 17.4 Å². The number of aryl methyl sites for hydroxylation is 1. The first-order valence-corrected chi connectivity index (χ1v) is 8.45. The fourth-order valence-corrected chi connectivity index (χ4v) is 2.90. The molecule has 2 aromatic heterocycles. The highest BCUT2D eigenvalue weighted by Gasteiger charge is 2.11. The van der Waals surface area contributed by atoms with Crippen molar-refractivity contribution in [1.82, 2.24) is 9.38 Å². The summed E-state index contributed by atoms with van der Waals surface area (Å²) >= 11 is 0. The highest BCUT2D eigenvalue weighted by atomic mass is 19.2. The molecule has 0 saturated heterocycles. The largest absolute Gasteiger partial charge is 0.369 e. The third kappa shape index (κ3) is 3.52. The number of halogens is 2. The average Bonchev–Trinajstić information content (AvgIpc) is 3.07. The summed E-state index contributed by atoms with van der Waals surface area (Å²) in [5.41, 5.74) is 4.69. The van der Waals surface area contributed by atoms with Crippen LogP contribution in [-0.4, -0.2) is 14.5 Å². The Morgan fingerprint density at radius 2 is 1.74 bits per heavy atom. The number of nitrogens with one attached hydrogen (secondary N) is 1. The number of nitrogens with zero attached hydrogens (tertiary/aromatic N) is 2. The maximum absolute atomic E-state index is 13.3. The first-order valence-electron chi connectivity index (χ1n) is 8.45. The number of aromatic nitrogens is 2. The highest BCUT2D eigenvalue weighted by molar-refractivity contribution is 5.65. The number of rotatable bonds is 4. The Hall–Kier alpha value is -3.25. The summed E-state index contributed by atoms with van der Waals surface area (Å²) in [6.45, 7) is 2.03. The van der Waals surface area contributed by atoms with Crippen LogP contribution in [0.15, 0.2) is 67.0 Å². The molecule has 4 aromatic rings. The summed E-state index contributed by atoms with van der Waals surface area (Å²) in [5.74, 6) is -1.94. The van der Waals surface area contributed by atoms with Gasteiger partial charge in [-0.25, -0.2) is 13.8 Å². The number of fused-ring (bicyclic) bond motifs is 1. The lowest BCUT2D eigenvalue weighted by Crippen LogP contribution is -2.10. The molecule has 4 rings (SSSR count). The van der Waals surface area contributed by atoms with Gasteiger partial charge < -0.3 is 14.8 Å². The fourth-order valence-electron chi connectivity index (χ4n) is 2.90. The van der Waals surface area contributed by atoms with Crippen LogP contribution in [0.5, 0.6) is 0 Å². The Labute approximate surface area is 154 Å². The Kier molecular flexibility index (Phi) is 4.33. The molecule has 0 aliphatic carbocycles. The van der Waals surface area contributed by atoms with E-state index in [9.17, 15) is 13.9 Å². The normalized spacial score (nSPS) is 12.3. The van der Waals surface area contributed by atoms with Crippen LogP contribution in [0.2, 0.25) is 0 Å². The second kappa shape index (κ2) is 6.81. The maximum atomic E-state index is 13.3. The molecule has 1 atom stereocenters. The van der Waals surface area contributed by atoms with Crippen molar-refractivity contribution in [3.63, 3.8) is 0 Å². The van der Waals surface area contributed by atoms with E-state index < -0.39 is 17.9 Å². The summed E-state index contributed by atoms with van der Waals surface area (Å²) < 4.78 is 28.3. The van der Waals surface area contributed by atoms with Crippen LogP contribution in [0.25, 0.3) is 16.9 Å². The molecule has 0 bridgehead atoms. The van der Waals surface area contributed by atoms with Gasteiger partial charge in [0.15, 0.2) is 17.9 Å². The monoisotopic (exact) mass is 365 g/mol. The van der Waals surface area contributed by atoms with Crippen LogP contribution in [0.4, 0.5) is 14.5 Å². The van der Waals surface area contributed by atoms with Crippen molar-refractivity contribution in [2.75, 3.05) is 5.32 Å². The van der Waals surface area contributed by atoms with Gasteiger partial charge in [-0.3, -0.25) is 0 Å². The minimum Gasteiger partial charge on any atom is -0.369 e. The molecule has 0 aliphatic heterocycles. The summed E-state index contributed by atoms with van der Waals surface area (Å²) in [7, 11) is 0. The fraction of sp³-hybridized carbons (Fsp3) is 0.0952. The van der Waals surface area contributed by atoms with Gasteiger partial charge in [0.1, 0.15) is 5.65 Å². The van der Waals surface area contributed by atoms with Crippen LogP contribution in [0.3, 0.4) is 0 Å². The van der Waals surface area contributed by atoms with Gasteiger partial charge in [-0.15, -0.1) is 0 Å². The van der Waals surface area contributed by atoms with Crippen LogP contribution >= 0.6 is 0 Å². The summed E-state index contributed by atoms with van der Waals surface area (Å²) in [6.07, 6.45) is 2.82. The molecule has 0 aliphatic rings. The zero-order valence-electron chi connectivity index (χ0n) is 14.5. The smallest absolute Gasteiger partial charge is 0.159 e. The van der Waals surface area contributed by atoms with Crippen molar-refractivity contribution < 1.29 is 13.9 Å². The quantitative estimate of drug-likeness (QED) is 0.516. The molecule has 2 heterocycles. The number of anilines is 1. The van der Waals surface area contributed by atoms with E-state index in [-0.39, 0.29) is 5.56 Å². The predicted molar refractivity (Wildman–Crippen MR) is 100 cm³/mol. The Balaban J connectivity index is 1.53. The molecule has 0 saturated carbocycles. The lowest BCUT2D eigenvalue weighted by molar-refractivity contribution is 0.207. The Morgan fingerprint density at radius 3 is 2.48 bits per heavy atom. The first kappa shape index (κ1) is 17.2. The van der Waals surface area contributed by atoms with Crippen LogP contribution in [-0.2, 0) is 0 Å². The third-order valence-electron chi connectivity index (χ3n) is 4.34. The highest BCUT2D eigenvalue weighted by Crippen LogP contribution is 2.24. The molecule has 0 amide bonds. The molecule has 0 radical (unpaired) electrons. The van der Waals surface area contributed by atoms with Crippen molar-refractivity contribution in [2.24, 2.45) is 0 Å². The van der Waals surface area contributed by atoms with Gasteiger partial charge in [-0.05, 0) is 42.8 Å². The Morgan fingerprint density at radius 1 is 0.963 bits per heavy atom. The number of aliphatic hydroxyl groups is 1. The van der Waals surface area contributed by atoms with Crippen molar-refractivity contribution in [3.8, 4) is 11.3 Å². The van der Waals surface area contributed by atoms with E-state index in [4.69, 9.17) is 0 Å². The van der Waals surface area contributed by atoms with Crippen LogP contribution < -0.4 is 5.32 Å². The minimum atomic E-state index is -1.15. The van der Waals surface area contributed by atoms with Crippen molar-refractivity contribution in [3.05, 3.63) is 89.8 Å². The molecule has 6 heteroatoms. The second-order valence-corrected chi connectivity index (χ2v) is 6.40. The van der Waals surface area contributed by atoms with E-state index >= 15 is 0 Å². The second-order valence-electron chi connectivity index (χ2n) is 6.40. The van der Waals surface area contributed by atoms with E-state index in [1.807, 2.05) is 48.0 Å². The number of hydrogen-bond acceptors (Lipinski definition) is 3. The van der Waals surface area contributed by atoms with E-state index in [0.717, 1.165) is 34.6 Å². The molecule has 1 unspecified atom stereocenters. The number of benzene rings is 2. The summed E-state index contributed by atoms with van der Waals surface area (Å²) in [6, 6.07) is 14.6. The van der Waals surface area contributed by atoms with Gasteiger partial charge >= 0.3 is 0 Å². The van der Waals surface area contributed by atoms with Gasteiger partial charge in [0.25, 0.3) is 0 Å². The number of pyridine rings is 1. The van der Waals surface area contributed by atoms with E-state index in [2.05, 4.69) is 10.3 Å². The number of aliphatic hydroxyl groups excluding tert-OH is 1. The van der Waals surface area contributed by atoms with Gasteiger partial charge in [0, 0.05) is 29.2 Å². The summed E-state index contributed by atoms with van der Waals surface area (Å²) in [4.78, 5) is 4.60. The van der Waals surface area contributed by atoms with Gasteiger partial charge in [0.2, 0.25) is 0 Å². The van der Waals surface area contributed by atoms with Crippen molar-refractivity contribution in [2.45, 2.75) is 13.2 Å². The van der Waals surface area contributed by atoms with E-state index in [1.165, 1.54) is 6.07 Å².